The fourth-order valence-corrected chi connectivity index (χ4v) is 9.22. The van der Waals surface area contributed by atoms with Crippen LogP contribution in [-0.4, -0.2) is 77.7 Å². The van der Waals surface area contributed by atoms with E-state index in [1.165, 1.54) is 30.5 Å². The number of benzene rings is 1. The number of ether oxygens (including phenoxy) is 3. The van der Waals surface area contributed by atoms with Gasteiger partial charge in [0.25, 0.3) is 0 Å². The van der Waals surface area contributed by atoms with Crippen LogP contribution >= 0.6 is 0 Å². The molecule has 8 heteroatoms. The van der Waals surface area contributed by atoms with Gasteiger partial charge in [-0.3, -0.25) is 9.69 Å². The highest BCUT2D eigenvalue weighted by atomic mass is 16.5. The molecule has 2 spiro atoms. The van der Waals surface area contributed by atoms with E-state index >= 15 is 0 Å². The minimum absolute atomic E-state index is 0.0320. The number of amides is 1. The molecule has 8 nitrogen and oxygen atoms in total. The van der Waals surface area contributed by atoms with Gasteiger partial charge < -0.3 is 19.1 Å². The maximum atomic E-state index is 13.9. The molecule has 2 aromatic rings. The monoisotopic (exact) mass is 516 g/mol. The molecule has 4 bridgehead atoms. The molecule has 0 N–H and O–H groups in total. The summed E-state index contributed by atoms with van der Waals surface area (Å²) in [5, 5.41) is 0. The fourth-order valence-electron chi connectivity index (χ4n) is 9.22. The van der Waals surface area contributed by atoms with Crippen LogP contribution in [0.25, 0.3) is 0 Å². The summed E-state index contributed by atoms with van der Waals surface area (Å²) in [6.45, 7) is 3.14. The summed E-state index contributed by atoms with van der Waals surface area (Å²) in [7, 11) is 3.34. The third kappa shape index (κ3) is 2.93. The lowest BCUT2D eigenvalue weighted by Crippen LogP contribution is -2.72. The third-order valence-corrected chi connectivity index (χ3v) is 10.9. The van der Waals surface area contributed by atoms with Crippen molar-refractivity contribution in [3.05, 3.63) is 41.5 Å². The predicted molar refractivity (Wildman–Crippen MR) is 140 cm³/mol. The predicted octanol–water partition coefficient (Wildman–Crippen LogP) is 3.16. The first kappa shape index (κ1) is 23.1. The van der Waals surface area contributed by atoms with Crippen molar-refractivity contribution in [1.82, 2.24) is 19.8 Å². The first-order valence-electron chi connectivity index (χ1n) is 14.3. The highest BCUT2D eigenvalue weighted by molar-refractivity contribution is 5.79. The summed E-state index contributed by atoms with van der Waals surface area (Å²) in [6.07, 6.45) is 11.6. The van der Waals surface area contributed by atoms with Crippen LogP contribution in [-0.2, 0) is 23.1 Å². The molecule has 2 saturated carbocycles. The molecular weight excluding hydrogens is 480 g/mol. The number of aromatic nitrogens is 2. The van der Waals surface area contributed by atoms with E-state index in [2.05, 4.69) is 31.9 Å². The van der Waals surface area contributed by atoms with Crippen molar-refractivity contribution in [2.45, 2.75) is 75.0 Å². The van der Waals surface area contributed by atoms with Gasteiger partial charge in [-0.2, -0.15) is 0 Å². The number of methoxy groups -OCH3 is 2. The number of hydrogen-bond acceptors (Lipinski definition) is 7. The van der Waals surface area contributed by atoms with Crippen LogP contribution in [0.15, 0.2) is 24.5 Å². The van der Waals surface area contributed by atoms with Crippen molar-refractivity contribution in [1.29, 1.82) is 0 Å². The van der Waals surface area contributed by atoms with E-state index in [1.54, 1.807) is 26.6 Å². The quantitative estimate of drug-likeness (QED) is 0.584. The van der Waals surface area contributed by atoms with Gasteiger partial charge in [-0.25, -0.2) is 9.97 Å². The molecule has 0 radical (unpaired) electrons. The average Bonchev–Trinajstić information content (AvgIpc) is 3.73. The van der Waals surface area contributed by atoms with E-state index in [9.17, 15) is 4.79 Å². The maximum Gasteiger partial charge on any atom is 0.230 e. The lowest BCUT2D eigenvalue weighted by Gasteiger charge is -2.66. The van der Waals surface area contributed by atoms with Gasteiger partial charge in [0.1, 0.15) is 11.9 Å². The van der Waals surface area contributed by atoms with Crippen LogP contribution in [0.1, 0.15) is 55.5 Å². The van der Waals surface area contributed by atoms with Crippen LogP contribution in [0.4, 0.5) is 0 Å². The van der Waals surface area contributed by atoms with Crippen molar-refractivity contribution in [3.63, 3.8) is 0 Å². The largest absolute Gasteiger partial charge is 0.494 e. The molecule has 5 atom stereocenters. The Morgan fingerprint density at radius 2 is 1.92 bits per heavy atom. The van der Waals surface area contributed by atoms with Gasteiger partial charge in [0.15, 0.2) is 17.2 Å². The molecule has 1 aromatic heterocycles. The smallest absolute Gasteiger partial charge is 0.230 e. The number of rotatable bonds is 6. The molecule has 38 heavy (non-hydrogen) atoms. The Bertz CT molecular complexity index is 1300. The van der Waals surface area contributed by atoms with Crippen molar-refractivity contribution >= 4 is 5.91 Å². The van der Waals surface area contributed by atoms with Crippen LogP contribution in [0.2, 0.25) is 0 Å². The topological polar surface area (TPSA) is 77.0 Å². The minimum Gasteiger partial charge on any atom is -0.494 e. The molecule has 5 fully saturated rings. The van der Waals surface area contributed by atoms with Gasteiger partial charge in [-0.1, -0.05) is 6.07 Å². The maximum absolute atomic E-state index is 13.9. The number of fused-ring (bicyclic) bond motifs is 3. The van der Waals surface area contributed by atoms with E-state index in [0.29, 0.717) is 17.6 Å². The van der Waals surface area contributed by atoms with Crippen molar-refractivity contribution in [3.8, 4) is 17.2 Å². The van der Waals surface area contributed by atoms with Gasteiger partial charge in [0, 0.05) is 35.5 Å². The second kappa shape index (κ2) is 8.07. The van der Waals surface area contributed by atoms with Crippen molar-refractivity contribution < 1.29 is 19.0 Å². The minimum atomic E-state index is -0.0519. The number of piperidine rings is 1. The van der Waals surface area contributed by atoms with Crippen molar-refractivity contribution in [2.75, 3.05) is 33.9 Å². The summed E-state index contributed by atoms with van der Waals surface area (Å²) >= 11 is 0. The van der Waals surface area contributed by atoms with Crippen LogP contribution in [0.3, 0.4) is 0 Å². The zero-order valence-corrected chi connectivity index (χ0v) is 22.3. The van der Waals surface area contributed by atoms with Crippen LogP contribution in [0.5, 0.6) is 17.2 Å². The Labute approximate surface area is 223 Å². The number of likely N-dealkylation sites (tertiary alicyclic amines) is 1. The van der Waals surface area contributed by atoms with Gasteiger partial charge in [0.05, 0.1) is 39.1 Å². The zero-order valence-electron chi connectivity index (χ0n) is 22.3. The highest BCUT2D eigenvalue weighted by Gasteiger charge is 2.74. The Hall–Kier alpha value is -2.87. The van der Waals surface area contributed by atoms with Gasteiger partial charge in [0.2, 0.25) is 5.91 Å². The molecule has 7 aliphatic rings. The van der Waals surface area contributed by atoms with E-state index < -0.39 is 0 Å². The van der Waals surface area contributed by atoms with Crippen LogP contribution < -0.4 is 14.2 Å². The summed E-state index contributed by atoms with van der Waals surface area (Å²) in [6, 6.07) is 4.96. The van der Waals surface area contributed by atoms with E-state index in [0.717, 1.165) is 62.6 Å². The summed E-state index contributed by atoms with van der Waals surface area (Å²) in [5.41, 5.74) is 2.93. The van der Waals surface area contributed by atoms with Gasteiger partial charge >= 0.3 is 0 Å². The first-order chi connectivity index (χ1) is 18.6. The average molecular weight is 517 g/mol. The lowest BCUT2D eigenvalue weighted by molar-refractivity contribution is -0.143. The van der Waals surface area contributed by atoms with E-state index in [4.69, 9.17) is 14.2 Å². The Balaban J connectivity index is 1.21. The second-order valence-electron chi connectivity index (χ2n) is 12.4. The molecule has 3 aliphatic carbocycles. The lowest BCUT2D eigenvalue weighted by atomic mass is 9.42. The molecule has 0 unspecified atom stereocenters. The summed E-state index contributed by atoms with van der Waals surface area (Å²) in [5.74, 6) is 3.90. The van der Waals surface area contributed by atoms with Gasteiger partial charge in [-0.15, -0.1) is 0 Å². The fraction of sp³-hybridized carbons (Fsp3) is 0.633. The Kier molecular flexibility index (Phi) is 4.90. The van der Waals surface area contributed by atoms with E-state index in [1.807, 2.05) is 0 Å². The molecule has 4 aliphatic heterocycles. The Morgan fingerprint density at radius 3 is 2.68 bits per heavy atom. The number of carbonyl (C=O) groups is 1. The van der Waals surface area contributed by atoms with Crippen LogP contribution in [0, 0.1) is 11.3 Å². The molecular formula is C30H36N4O4. The number of nitrogens with zero attached hydrogens (tertiary/aromatic N) is 4. The number of hydrogen-bond donors (Lipinski definition) is 0. The normalized spacial score (nSPS) is 34.4. The van der Waals surface area contributed by atoms with Crippen molar-refractivity contribution in [2.24, 2.45) is 11.3 Å². The molecule has 5 heterocycles. The highest BCUT2D eigenvalue weighted by Crippen LogP contribution is 2.71. The second-order valence-corrected chi connectivity index (χ2v) is 12.4. The van der Waals surface area contributed by atoms with Gasteiger partial charge in [-0.05, 0) is 69.0 Å². The Morgan fingerprint density at radius 1 is 1.08 bits per heavy atom. The first-order valence-corrected chi connectivity index (χ1v) is 14.3. The van der Waals surface area contributed by atoms with E-state index in [-0.39, 0.29) is 35.3 Å². The molecule has 1 amide bonds. The molecule has 200 valence electrons. The summed E-state index contributed by atoms with van der Waals surface area (Å²) in [4.78, 5) is 27.6. The molecule has 1 aromatic carbocycles. The number of carbonyl (C=O) groups excluding carboxylic acids is 1. The standard InChI is InChI=1S/C30H36N4O4/c1-36-20-15-31-24(32-16-20)14-25(35)34-12-9-29-8-7-21(34)28-30(29)10-11-33(17-18-3-4-18)23(29)13-19-5-6-22(37-2)27(38-28)26(19)30/h5-6,15-16,18,21,23,28H,3-4,7-14,17H2,1-2H3/t21-,23-,28+,29-,30+/m1/s1. The third-order valence-electron chi connectivity index (χ3n) is 10.9. The molecule has 3 saturated heterocycles. The summed E-state index contributed by atoms with van der Waals surface area (Å²) < 4.78 is 18.1. The SMILES string of the molecule is COc1cnc(CC(=O)N2CC[C@@]34CC[C@@H]2[C@@H]2Oc5c(OC)ccc6c5[C@@]23CCN(CC2CC2)[C@@H]4C6)nc1. The molecule has 9 rings (SSSR count). The zero-order chi connectivity index (χ0) is 25.6.